The van der Waals surface area contributed by atoms with Crippen LogP contribution in [0.4, 0.5) is 0 Å². The van der Waals surface area contributed by atoms with Gasteiger partial charge in [0.15, 0.2) is 12.4 Å². The van der Waals surface area contributed by atoms with Crippen LogP contribution in [-0.4, -0.2) is 54.0 Å². The van der Waals surface area contributed by atoms with Crippen molar-refractivity contribution in [1.82, 2.24) is 0 Å². The Labute approximate surface area is 116 Å². The van der Waals surface area contributed by atoms with Gasteiger partial charge in [-0.1, -0.05) is 18.2 Å². The highest BCUT2D eigenvalue weighted by Gasteiger charge is 2.45. The largest absolute Gasteiger partial charge is 0.453 e. The number of methoxy groups -OCH3 is 1. The number of carbonyl (C=O) groups is 1. The summed E-state index contributed by atoms with van der Waals surface area (Å²) in [6.45, 7) is 1.64. The molecule has 1 aliphatic rings. The second kappa shape index (κ2) is 6.32. The summed E-state index contributed by atoms with van der Waals surface area (Å²) < 4.78 is 15.6. The molecule has 0 bridgehead atoms. The number of benzene rings is 1. The SMILES string of the molecule is CO[C@H]1[C@H](O)[C@@H](O)O[C@H](C)[C@H]1OC(=O)c1ccccc1. The Morgan fingerprint density at radius 2 is 1.85 bits per heavy atom. The van der Waals surface area contributed by atoms with E-state index in [-0.39, 0.29) is 0 Å². The Kier molecular flexibility index (Phi) is 4.72. The number of hydrogen-bond donors (Lipinski definition) is 2. The lowest BCUT2D eigenvalue weighted by atomic mass is 9.99. The maximum atomic E-state index is 12.0. The van der Waals surface area contributed by atoms with Gasteiger partial charge in [0.25, 0.3) is 0 Å². The third-order valence-electron chi connectivity index (χ3n) is 3.29. The van der Waals surface area contributed by atoms with Crippen molar-refractivity contribution in [2.75, 3.05) is 7.11 Å². The second-order valence-electron chi connectivity index (χ2n) is 4.66. The summed E-state index contributed by atoms with van der Waals surface area (Å²) >= 11 is 0. The van der Waals surface area contributed by atoms with Crippen LogP contribution in [0.25, 0.3) is 0 Å². The van der Waals surface area contributed by atoms with Gasteiger partial charge < -0.3 is 24.4 Å². The van der Waals surface area contributed by atoms with E-state index in [1.807, 2.05) is 0 Å². The molecule has 0 amide bonds. The number of carbonyl (C=O) groups excluding carboxylic acids is 1. The molecule has 5 atom stereocenters. The van der Waals surface area contributed by atoms with E-state index >= 15 is 0 Å². The second-order valence-corrected chi connectivity index (χ2v) is 4.66. The van der Waals surface area contributed by atoms with E-state index in [9.17, 15) is 15.0 Å². The van der Waals surface area contributed by atoms with Crippen LogP contribution >= 0.6 is 0 Å². The van der Waals surface area contributed by atoms with Gasteiger partial charge in [-0.15, -0.1) is 0 Å². The van der Waals surface area contributed by atoms with Gasteiger partial charge in [0.2, 0.25) is 0 Å². The van der Waals surface area contributed by atoms with Crippen LogP contribution in [-0.2, 0) is 14.2 Å². The monoisotopic (exact) mass is 282 g/mol. The molecule has 0 radical (unpaired) electrons. The molecular formula is C14H18O6. The van der Waals surface area contributed by atoms with Crippen LogP contribution in [0.2, 0.25) is 0 Å². The maximum absolute atomic E-state index is 12.0. The molecule has 1 aromatic rings. The number of aliphatic hydroxyl groups is 2. The lowest BCUT2D eigenvalue weighted by molar-refractivity contribution is -0.281. The summed E-state index contributed by atoms with van der Waals surface area (Å²) in [5.74, 6) is -0.531. The van der Waals surface area contributed by atoms with E-state index in [1.54, 1.807) is 37.3 Å². The minimum Gasteiger partial charge on any atom is -0.453 e. The Morgan fingerprint density at radius 1 is 1.20 bits per heavy atom. The highest BCUT2D eigenvalue weighted by molar-refractivity contribution is 5.89. The lowest BCUT2D eigenvalue weighted by Crippen LogP contribution is -2.58. The topological polar surface area (TPSA) is 85.2 Å². The zero-order chi connectivity index (χ0) is 14.7. The number of aliphatic hydroxyl groups excluding tert-OH is 2. The summed E-state index contributed by atoms with van der Waals surface area (Å²) in [5, 5.41) is 19.3. The average molecular weight is 282 g/mol. The predicted molar refractivity (Wildman–Crippen MR) is 69.0 cm³/mol. The Bertz CT molecular complexity index is 448. The first-order chi connectivity index (χ1) is 9.54. The van der Waals surface area contributed by atoms with E-state index in [0.29, 0.717) is 5.56 Å². The molecule has 1 aromatic carbocycles. The molecule has 1 saturated heterocycles. The standard InChI is InChI=1S/C14H18O6/c1-8-11(12(18-2)10(15)14(17)19-8)20-13(16)9-6-4-3-5-7-9/h3-8,10-12,14-15,17H,1-2H3/t8-,10+,11-,12+,14+/m1/s1. The number of hydrogen-bond acceptors (Lipinski definition) is 6. The van der Waals surface area contributed by atoms with Crippen LogP contribution < -0.4 is 0 Å². The zero-order valence-electron chi connectivity index (χ0n) is 11.3. The maximum Gasteiger partial charge on any atom is 0.338 e. The van der Waals surface area contributed by atoms with Crippen molar-refractivity contribution in [1.29, 1.82) is 0 Å². The van der Waals surface area contributed by atoms with Crippen LogP contribution in [0.3, 0.4) is 0 Å². The van der Waals surface area contributed by atoms with Gasteiger partial charge in [-0.2, -0.15) is 0 Å². The van der Waals surface area contributed by atoms with Gasteiger partial charge in [-0.25, -0.2) is 4.79 Å². The van der Waals surface area contributed by atoms with E-state index in [1.165, 1.54) is 7.11 Å². The number of esters is 1. The Hall–Kier alpha value is -1.47. The van der Waals surface area contributed by atoms with Crippen molar-refractivity contribution < 1.29 is 29.2 Å². The molecule has 20 heavy (non-hydrogen) atoms. The molecule has 2 N–H and O–H groups in total. The fourth-order valence-corrected chi connectivity index (χ4v) is 2.20. The fourth-order valence-electron chi connectivity index (χ4n) is 2.20. The highest BCUT2D eigenvalue weighted by atomic mass is 16.7. The van der Waals surface area contributed by atoms with Gasteiger partial charge in [-0.05, 0) is 19.1 Å². The Morgan fingerprint density at radius 3 is 2.45 bits per heavy atom. The normalized spacial score (nSPS) is 33.7. The summed E-state index contributed by atoms with van der Waals surface area (Å²) in [5.41, 5.74) is 0.398. The minimum atomic E-state index is -1.36. The first-order valence-corrected chi connectivity index (χ1v) is 6.35. The molecular weight excluding hydrogens is 264 g/mol. The van der Waals surface area contributed by atoms with Crippen LogP contribution in [0.5, 0.6) is 0 Å². The molecule has 110 valence electrons. The minimum absolute atomic E-state index is 0.398. The number of rotatable bonds is 3. The van der Waals surface area contributed by atoms with Crippen molar-refractivity contribution in [2.45, 2.75) is 37.6 Å². The predicted octanol–water partition coefficient (Wildman–Crippen LogP) is 0.325. The molecule has 1 aliphatic heterocycles. The number of ether oxygens (including phenoxy) is 3. The molecule has 0 saturated carbocycles. The van der Waals surface area contributed by atoms with Gasteiger partial charge in [0, 0.05) is 7.11 Å². The van der Waals surface area contributed by atoms with E-state index < -0.39 is 36.7 Å². The molecule has 0 unspecified atom stereocenters. The van der Waals surface area contributed by atoms with Crippen molar-refractivity contribution in [2.24, 2.45) is 0 Å². The van der Waals surface area contributed by atoms with E-state index in [0.717, 1.165) is 0 Å². The van der Waals surface area contributed by atoms with Crippen molar-refractivity contribution in [3.63, 3.8) is 0 Å². The van der Waals surface area contributed by atoms with Gasteiger partial charge in [0.05, 0.1) is 11.7 Å². The first-order valence-electron chi connectivity index (χ1n) is 6.35. The summed E-state index contributed by atoms with van der Waals surface area (Å²) in [6.07, 6.45) is -4.87. The first kappa shape index (κ1) is 14.9. The van der Waals surface area contributed by atoms with E-state index in [2.05, 4.69) is 0 Å². The summed E-state index contributed by atoms with van der Waals surface area (Å²) in [7, 11) is 1.38. The zero-order valence-corrected chi connectivity index (χ0v) is 11.3. The smallest absolute Gasteiger partial charge is 0.338 e. The summed E-state index contributed by atoms with van der Waals surface area (Å²) in [6, 6.07) is 8.50. The lowest BCUT2D eigenvalue weighted by Gasteiger charge is -2.40. The average Bonchev–Trinajstić information content (AvgIpc) is 2.46. The Balaban J connectivity index is 2.12. The fraction of sp³-hybridized carbons (Fsp3) is 0.500. The van der Waals surface area contributed by atoms with Crippen molar-refractivity contribution in [3.05, 3.63) is 35.9 Å². The molecule has 0 aliphatic carbocycles. The molecule has 1 heterocycles. The van der Waals surface area contributed by atoms with Crippen LogP contribution in [0.15, 0.2) is 30.3 Å². The third kappa shape index (κ3) is 2.99. The third-order valence-corrected chi connectivity index (χ3v) is 3.29. The molecule has 6 heteroatoms. The van der Waals surface area contributed by atoms with Crippen molar-refractivity contribution in [3.8, 4) is 0 Å². The van der Waals surface area contributed by atoms with Gasteiger partial charge in [0.1, 0.15) is 12.2 Å². The van der Waals surface area contributed by atoms with Crippen LogP contribution in [0.1, 0.15) is 17.3 Å². The quantitative estimate of drug-likeness (QED) is 0.777. The summed E-state index contributed by atoms with van der Waals surface area (Å²) in [4.78, 5) is 12.0. The molecule has 0 aromatic heterocycles. The molecule has 2 rings (SSSR count). The van der Waals surface area contributed by atoms with Gasteiger partial charge >= 0.3 is 5.97 Å². The van der Waals surface area contributed by atoms with Crippen molar-refractivity contribution >= 4 is 5.97 Å². The van der Waals surface area contributed by atoms with Gasteiger partial charge in [-0.3, -0.25) is 0 Å². The molecule has 6 nitrogen and oxygen atoms in total. The molecule has 1 fully saturated rings. The van der Waals surface area contributed by atoms with Crippen LogP contribution in [0, 0.1) is 0 Å². The van der Waals surface area contributed by atoms with E-state index in [4.69, 9.17) is 14.2 Å². The molecule has 0 spiro atoms. The highest BCUT2D eigenvalue weighted by Crippen LogP contribution is 2.25.